The van der Waals surface area contributed by atoms with Crippen molar-refractivity contribution in [2.75, 3.05) is 85.5 Å². The second kappa shape index (κ2) is 44.4. The first-order valence-corrected chi connectivity index (χ1v) is 33.8. The van der Waals surface area contributed by atoms with Gasteiger partial charge in [0.25, 0.3) is 0 Å². The Morgan fingerprint density at radius 2 is 0.859 bits per heavy atom. The summed E-state index contributed by atoms with van der Waals surface area (Å²) in [5.41, 5.74) is 5.85. The molecule has 0 bridgehead atoms. The van der Waals surface area contributed by atoms with Crippen LogP contribution < -0.4 is 32.3 Å². The minimum Gasteiger partial charge on any atom is -0.463 e. The maximum atomic E-state index is 14.2. The number of amides is 5. The number of hydrogen-bond donors (Lipinski definition) is 6. The van der Waals surface area contributed by atoms with Crippen LogP contribution in [0, 0.1) is 47.3 Å². The van der Waals surface area contributed by atoms with Crippen molar-refractivity contribution in [3.8, 4) is 0 Å². The van der Waals surface area contributed by atoms with Crippen molar-refractivity contribution in [1.29, 1.82) is 0 Å². The number of ketones is 2. The van der Waals surface area contributed by atoms with Gasteiger partial charge in [0, 0.05) is 105 Å². The van der Waals surface area contributed by atoms with E-state index >= 15 is 0 Å². The summed E-state index contributed by atoms with van der Waals surface area (Å²) >= 11 is 0. The summed E-state index contributed by atoms with van der Waals surface area (Å²) in [5.74, 6) is -2.78. The molecule has 26 heteroatoms. The van der Waals surface area contributed by atoms with Crippen LogP contribution in [0.25, 0.3) is 0 Å². The lowest BCUT2D eigenvalue weighted by atomic mass is 9.79. The van der Waals surface area contributed by atoms with Gasteiger partial charge in [-0.2, -0.15) is 0 Å². The molecule has 0 aromatic rings. The fourth-order valence-corrected chi connectivity index (χ4v) is 11.6. The Morgan fingerprint density at radius 3 is 1.34 bits per heavy atom. The van der Waals surface area contributed by atoms with E-state index in [9.17, 15) is 47.9 Å². The number of carbonyl (C=O) groups is 10. The Bertz CT molecular complexity index is 2280. The van der Waals surface area contributed by atoms with Crippen LogP contribution in [-0.2, 0) is 90.6 Å². The Balaban J connectivity index is 1.54. The molecule has 3 aliphatic rings. The number of rotatable bonds is 45. The van der Waals surface area contributed by atoms with Gasteiger partial charge in [-0.3, -0.25) is 52.8 Å². The average molecular weight is 1310 g/mol. The zero-order chi connectivity index (χ0) is 68.3. The smallest absolute Gasteiger partial charge is 0.302 e. The van der Waals surface area contributed by atoms with Crippen molar-refractivity contribution in [3.05, 3.63) is 0 Å². The van der Waals surface area contributed by atoms with E-state index in [1.165, 1.54) is 32.6 Å². The predicted octanol–water partition coefficient (Wildman–Crippen LogP) is 4.58. The van der Waals surface area contributed by atoms with Crippen molar-refractivity contribution in [3.63, 3.8) is 0 Å². The first-order chi connectivity index (χ1) is 43.7. The number of unbranched alkanes of at least 4 members (excludes halogenated alkanes) is 6. The predicted molar refractivity (Wildman–Crippen MR) is 340 cm³/mol. The summed E-state index contributed by atoms with van der Waals surface area (Å²) in [6.45, 7) is 23.7. The second-order valence-corrected chi connectivity index (χ2v) is 25.6. The fraction of sp³-hybridized carbons (Fsp3) is 0.848. The number of Topliss-reactive ketones (excluding diaryl/α,β-unsaturated/α-hetero) is 2. The van der Waals surface area contributed by atoms with E-state index in [2.05, 4.69) is 68.1 Å². The van der Waals surface area contributed by atoms with Gasteiger partial charge in [-0.05, 0) is 93.4 Å². The number of carbonyl (C=O) groups excluding carboxylic acids is 10. The molecule has 528 valence electrons. The molecule has 7 unspecified atom stereocenters. The third kappa shape index (κ3) is 30.9. The summed E-state index contributed by atoms with van der Waals surface area (Å²) in [4.78, 5) is 129. The number of esters is 3. The molecular formula is C66H115N7O19. The fourth-order valence-electron chi connectivity index (χ4n) is 11.6. The highest BCUT2D eigenvalue weighted by atomic mass is 16.7. The third-order valence-corrected chi connectivity index (χ3v) is 18.4. The van der Waals surface area contributed by atoms with Crippen LogP contribution in [0.5, 0.6) is 0 Å². The molecule has 3 saturated heterocycles. The molecule has 0 saturated carbocycles. The molecule has 3 fully saturated rings. The molecule has 3 rings (SSSR count). The van der Waals surface area contributed by atoms with Gasteiger partial charge < -0.3 is 74.9 Å². The third-order valence-electron chi connectivity index (χ3n) is 18.4. The van der Waals surface area contributed by atoms with Gasteiger partial charge >= 0.3 is 17.9 Å². The molecule has 16 atom stereocenters. The number of nitrogens with one attached hydrogen (secondary N) is 5. The monoisotopic (exact) mass is 1310 g/mol. The summed E-state index contributed by atoms with van der Waals surface area (Å²) in [7, 11) is 0. The summed E-state index contributed by atoms with van der Waals surface area (Å²) in [6, 6.07) is -1.35. The van der Waals surface area contributed by atoms with Gasteiger partial charge in [-0.1, -0.05) is 74.7 Å². The Kier molecular flexibility index (Phi) is 39.1. The molecule has 0 radical (unpaired) electrons. The Morgan fingerprint density at radius 1 is 0.435 bits per heavy atom. The van der Waals surface area contributed by atoms with Crippen LogP contribution in [0.4, 0.5) is 0 Å². The second-order valence-electron chi connectivity index (χ2n) is 25.6. The van der Waals surface area contributed by atoms with Crippen LogP contribution in [0.2, 0.25) is 0 Å². The zero-order valence-electron chi connectivity index (χ0n) is 57.3. The lowest BCUT2D eigenvalue weighted by Gasteiger charge is -2.44. The topological polar surface area (TPSA) is 343 Å². The van der Waals surface area contributed by atoms with Crippen LogP contribution in [0.15, 0.2) is 0 Å². The number of nitrogens with zero attached hydrogens (tertiary/aromatic N) is 1. The Hall–Kier alpha value is -5.22. The summed E-state index contributed by atoms with van der Waals surface area (Å²) in [5, 5.41) is 14.1. The van der Waals surface area contributed by atoms with E-state index in [0.717, 1.165) is 12.8 Å². The standard InChI is InChI=1S/C66H115N7O19/c1-41-43(3)56(38-87-50(10)75)90-64(47(41)7)84-33-21-18-30-68-59(80)26-24-53(78)36-73(37-62(83)71-35-61(82)70-29-17-13-14-20-32-86-66-63(72-49(9)74)46(6)45(5)58(92-66)40-89-52(12)77)54(23-15-16-28-67)55(79)25-27-60(81)69-31-19-22-34-85-65-48(8)42(2)44(4)57(91-65)39-88-51(11)76/h41-48,54,56-58,63-66H,13-40,67H2,1-12H3,(H,68,80)(H,69,81)(H,70,82)(H,71,83)(H,72,74)/t41-,42-,43+,44+,45+,46-,47?,48?,54?,56?,57?,58?,63?,64+,65+,66+/m0/s1. The molecule has 92 heavy (non-hydrogen) atoms. The molecule has 0 spiro atoms. The molecular weight excluding hydrogens is 1190 g/mol. The van der Waals surface area contributed by atoms with Crippen LogP contribution in [0.3, 0.4) is 0 Å². The zero-order valence-corrected chi connectivity index (χ0v) is 57.3. The van der Waals surface area contributed by atoms with Crippen molar-refractivity contribution in [2.45, 2.75) is 229 Å². The quantitative estimate of drug-likeness (QED) is 0.0276. The molecule has 0 aromatic heterocycles. The van der Waals surface area contributed by atoms with Gasteiger partial charge in [0.15, 0.2) is 24.7 Å². The molecule has 26 nitrogen and oxygen atoms in total. The molecule has 0 aliphatic carbocycles. The number of ether oxygens (including phenoxy) is 9. The normalized spacial score (nSPS) is 26.6. The number of nitrogens with two attached hydrogens (primary N) is 1. The van der Waals surface area contributed by atoms with E-state index in [1.807, 2.05) is 13.8 Å². The van der Waals surface area contributed by atoms with Crippen LogP contribution in [-0.4, -0.2) is 199 Å². The highest BCUT2D eigenvalue weighted by Crippen LogP contribution is 2.37. The Labute approximate surface area is 546 Å². The van der Waals surface area contributed by atoms with Crippen molar-refractivity contribution >= 4 is 59.0 Å². The van der Waals surface area contributed by atoms with Crippen molar-refractivity contribution in [2.24, 2.45) is 53.1 Å². The van der Waals surface area contributed by atoms with E-state index in [4.69, 9.17) is 48.4 Å². The minimum atomic E-state index is -0.959. The first-order valence-electron chi connectivity index (χ1n) is 33.8. The summed E-state index contributed by atoms with van der Waals surface area (Å²) in [6.07, 6.45) is 3.31. The summed E-state index contributed by atoms with van der Waals surface area (Å²) < 4.78 is 52.5. The lowest BCUT2D eigenvalue weighted by Crippen LogP contribution is -2.58. The van der Waals surface area contributed by atoms with E-state index in [-0.39, 0.29) is 172 Å². The van der Waals surface area contributed by atoms with Gasteiger partial charge in [0.1, 0.15) is 25.6 Å². The number of hydrogen-bond acceptors (Lipinski definition) is 21. The van der Waals surface area contributed by atoms with E-state index < -0.39 is 55.3 Å². The van der Waals surface area contributed by atoms with Gasteiger partial charge in [0.2, 0.25) is 29.5 Å². The average Bonchev–Trinajstić information content (AvgIpc) is 0.854. The minimum absolute atomic E-state index is 0.0145. The highest BCUT2D eigenvalue weighted by Gasteiger charge is 2.44. The van der Waals surface area contributed by atoms with Crippen LogP contribution in [0.1, 0.15) is 179 Å². The van der Waals surface area contributed by atoms with E-state index in [0.29, 0.717) is 97.4 Å². The van der Waals surface area contributed by atoms with Crippen molar-refractivity contribution < 1.29 is 90.6 Å². The first kappa shape index (κ1) is 81.0. The SMILES string of the molecule is CC(=O)NC1[C@H](OCCCCCCNC(=O)CNC(=O)CN(CC(=O)CCC(=O)NCCCCO[C@@H]2OC(COC(C)=O)[C@H](C)[C@H](C)C2C)C(CCCCN)C(=O)CCC(=O)NCCCCO[C@@H]2OC(COC(C)=O)[C@H](C)[C@H](C)C2C)OC(COC(C)=O)[C@H](C)[C@@H]1C. The molecule has 7 N–H and O–H groups in total. The van der Waals surface area contributed by atoms with Crippen LogP contribution >= 0.6 is 0 Å². The molecule has 0 aromatic carbocycles. The highest BCUT2D eigenvalue weighted by molar-refractivity contribution is 5.91. The lowest BCUT2D eigenvalue weighted by molar-refractivity contribution is -0.255. The molecule has 3 aliphatic heterocycles. The molecule has 5 amide bonds. The van der Waals surface area contributed by atoms with Gasteiger partial charge in [0.05, 0.1) is 50.0 Å². The van der Waals surface area contributed by atoms with Gasteiger partial charge in [-0.25, -0.2) is 0 Å². The largest absolute Gasteiger partial charge is 0.463 e. The molecule has 3 heterocycles. The van der Waals surface area contributed by atoms with E-state index in [1.54, 1.807) is 0 Å². The van der Waals surface area contributed by atoms with Crippen molar-refractivity contribution in [1.82, 2.24) is 31.5 Å². The van der Waals surface area contributed by atoms with Gasteiger partial charge in [-0.15, -0.1) is 0 Å². The maximum Gasteiger partial charge on any atom is 0.302 e. The maximum absolute atomic E-state index is 14.2.